The minimum Gasteiger partial charge on any atom is -0.496 e. The Bertz CT molecular complexity index is 850. The van der Waals surface area contributed by atoms with Gasteiger partial charge >= 0.3 is 0 Å². The molecule has 2 aromatic carbocycles. The Morgan fingerprint density at radius 2 is 2.00 bits per heavy atom. The molecule has 156 valence electrons. The highest BCUT2D eigenvalue weighted by atomic mass is 79.9. The van der Waals surface area contributed by atoms with Crippen LogP contribution >= 0.6 is 27.7 Å². The molecule has 2 N–H and O–H groups in total. The van der Waals surface area contributed by atoms with Crippen LogP contribution in [0.3, 0.4) is 0 Å². The highest BCUT2D eigenvalue weighted by Gasteiger charge is 2.22. The van der Waals surface area contributed by atoms with Crippen molar-refractivity contribution >= 4 is 39.5 Å². The summed E-state index contributed by atoms with van der Waals surface area (Å²) in [5, 5.41) is 5.66. The summed E-state index contributed by atoms with van der Waals surface area (Å²) in [7, 11) is 1.50. The third-order valence-corrected chi connectivity index (χ3v) is 5.53. The molecule has 2 amide bonds. The second-order valence-electron chi connectivity index (χ2n) is 6.30. The van der Waals surface area contributed by atoms with Crippen LogP contribution in [0.2, 0.25) is 0 Å². The number of rotatable bonds is 10. The molecule has 0 aliphatic heterocycles. The molecule has 29 heavy (non-hydrogen) atoms. The van der Waals surface area contributed by atoms with Crippen molar-refractivity contribution in [2.45, 2.75) is 18.9 Å². The van der Waals surface area contributed by atoms with Gasteiger partial charge in [-0.15, -0.1) is 0 Å². The van der Waals surface area contributed by atoms with E-state index in [9.17, 15) is 14.0 Å². The van der Waals surface area contributed by atoms with Crippen molar-refractivity contribution in [3.63, 3.8) is 0 Å². The van der Waals surface area contributed by atoms with E-state index >= 15 is 0 Å². The first-order chi connectivity index (χ1) is 14.0. The Balaban J connectivity index is 1.97. The van der Waals surface area contributed by atoms with Crippen LogP contribution < -0.4 is 15.4 Å². The summed E-state index contributed by atoms with van der Waals surface area (Å²) < 4.78 is 18.9. The molecule has 2 aromatic rings. The summed E-state index contributed by atoms with van der Waals surface area (Å²) in [5.41, 5.74) is 1.28. The Morgan fingerprint density at radius 3 is 2.69 bits per heavy atom. The molecule has 0 aliphatic rings. The summed E-state index contributed by atoms with van der Waals surface area (Å²) in [6.45, 7) is 0.386. The zero-order valence-electron chi connectivity index (χ0n) is 16.3. The lowest BCUT2D eigenvalue weighted by molar-refractivity contribution is -0.122. The van der Waals surface area contributed by atoms with E-state index in [0.29, 0.717) is 35.2 Å². The second-order valence-corrected chi connectivity index (χ2v) is 8.14. The van der Waals surface area contributed by atoms with Gasteiger partial charge in [-0.3, -0.25) is 9.59 Å². The number of thioether (sulfide) groups is 1. The first-order valence-electron chi connectivity index (χ1n) is 9.10. The fourth-order valence-electron chi connectivity index (χ4n) is 2.72. The molecule has 0 saturated heterocycles. The van der Waals surface area contributed by atoms with Gasteiger partial charge in [-0.05, 0) is 70.6 Å². The van der Waals surface area contributed by atoms with Gasteiger partial charge in [0.25, 0.3) is 5.91 Å². The number of benzene rings is 2. The van der Waals surface area contributed by atoms with Gasteiger partial charge in [0.1, 0.15) is 17.6 Å². The van der Waals surface area contributed by atoms with Crippen molar-refractivity contribution in [3.8, 4) is 5.75 Å². The van der Waals surface area contributed by atoms with Crippen molar-refractivity contribution < 1.29 is 18.7 Å². The number of methoxy groups -OCH3 is 1. The molecule has 0 fully saturated rings. The zero-order valence-corrected chi connectivity index (χ0v) is 18.7. The molecule has 8 heteroatoms. The molecule has 1 atom stereocenters. The van der Waals surface area contributed by atoms with E-state index in [1.54, 1.807) is 48.2 Å². The monoisotopic (exact) mass is 482 g/mol. The van der Waals surface area contributed by atoms with Crippen LogP contribution in [0, 0.1) is 5.82 Å². The van der Waals surface area contributed by atoms with Crippen LogP contribution in [-0.2, 0) is 11.2 Å². The third-order valence-electron chi connectivity index (χ3n) is 4.28. The van der Waals surface area contributed by atoms with Gasteiger partial charge in [-0.2, -0.15) is 11.8 Å². The predicted molar refractivity (Wildman–Crippen MR) is 118 cm³/mol. The molecule has 0 aliphatic carbocycles. The number of hydrogen-bond acceptors (Lipinski definition) is 4. The quantitative estimate of drug-likeness (QED) is 0.540. The maximum atomic E-state index is 13.3. The number of carbonyl (C=O) groups is 2. The maximum absolute atomic E-state index is 13.3. The number of carbonyl (C=O) groups excluding carboxylic acids is 2. The molecule has 5 nitrogen and oxygen atoms in total. The zero-order chi connectivity index (χ0) is 21.2. The lowest BCUT2D eigenvalue weighted by atomic mass is 10.1. The normalized spacial score (nSPS) is 11.6. The van der Waals surface area contributed by atoms with Gasteiger partial charge in [0.05, 0.1) is 17.1 Å². The minimum absolute atomic E-state index is 0.247. The smallest absolute Gasteiger partial charge is 0.255 e. The maximum Gasteiger partial charge on any atom is 0.255 e. The predicted octanol–water partition coefficient (Wildman–Crippen LogP) is 3.81. The van der Waals surface area contributed by atoms with Gasteiger partial charge in [-0.25, -0.2) is 4.39 Å². The van der Waals surface area contributed by atoms with Crippen molar-refractivity contribution in [2.24, 2.45) is 0 Å². The number of hydrogen-bond donors (Lipinski definition) is 2. The Hall–Kier alpha value is -2.06. The van der Waals surface area contributed by atoms with Crippen molar-refractivity contribution in [2.75, 3.05) is 25.7 Å². The largest absolute Gasteiger partial charge is 0.496 e. The first kappa shape index (κ1) is 23.2. The van der Waals surface area contributed by atoms with E-state index in [4.69, 9.17) is 4.74 Å². The molecule has 2 rings (SSSR count). The molecule has 0 aromatic heterocycles. The second kappa shape index (κ2) is 11.8. The molecule has 1 unspecified atom stereocenters. The highest BCUT2D eigenvalue weighted by molar-refractivity contribution is 9.10. The van der Waals surface area contributed by atoms with Gasteiger partial charge in [-0.1, -0.05) is 18.2 Å². The summed E-state index contributed by atoms with van der Waals surface area (Å²) in [5.74, 6) is 0.259. The van der Waals surface area contributed by atoms with Crippen molar-refractivity contribution in [3.05, 3.63) is 63.9 Å². The van der Waals surface area contributed by atoms with Gasteiger partial charge < -0.3 is 15.4 Å². The number of nitrogens with one attached hydrogen (secondary N) is 2. The fraction of sp³-hybridized carbons (Fsp3) is 0.333. The highest BCUT2D eigenvalue weighted by Crippen LogP contribution is 2.18. The molecular formula is C21H24BrFN2O3S. The summed E-state index contributed by atoms with van der Waals surface area (Å²) in [6.07, 6.45) is 3.01. The number of amides is 2. The van der Waals surface area contributed by atoms with Gasteiger partial charge in [0, 0.05) is 6.54 Å². The Morgan fingerprint density at radius 1 is 1.24 bits per heavy atom. The van der Waals surface area contributed by atoms with Crippen LogP contribution in [0.25, 0.3) is 0 Å². The number of para-hydroxylation sites is 1. The topological polar surface area (TPSA) is 67.4 Å². The third kappa shape index (κ3) is 7.04. The van der Waals surface area contributed by atoms with Crippen LogP contribution in [0.5, 0.6) is 5.75 Å². The Labute approximate surface area is 182 Å². The molecule has 0 saturated carbocycles. The summed E-state index contributed by atoms with van der Waals surface area (Å²) in [4.78, 5) is 25.3. The summed E-state index contributed by atoms with van der Waals surface area (Å²) in [6, 6.07) is 11.0. The lowest BCUT2D eigenvalue weighted by Gasteiger charge is -2.19. The molecule has 0 heterocycles. The van der Waals surface area contributed by atoms with E-state index in [0.717, 1.165) is 11.3 Å². The van der Waals surface area contributed by atoms with E-state index < -0.39 is 6.04 Å². The number of ether oxygens (including phenoxy) is 1. The van der Waals surface area contributed by atoms with Crippen LogP contribution in [-0.4, -0.2) is 43.5 Å². The first-order valence-corrected chi connectivity index (χ1v) is 11.3. The van der Waals surface area contributed by atoms with Crippen LogP contribution in [0.1, 0.15) is 22.3 Å². The van der Waals surface area contributed by atoms with Crippen LogP contribution in [0.4, 0.5) is 4.39 Å². The van der Waals surface area contributed by atoms with Crippen LogP contribution in [0.15, 0.2) is 46.9 Å². The molecule has 0 spiro atoms. The van der Waals surface area contributed by atoms with E-state index in [1.807, 2.05) is 6.26 Å². The van der Waals surface area contributed by atoms with Crippen molar-refractivity contribution in [1.29, 1.82) is 0 Å². The molecule has 0 bridgehead atoms. The average molecular weight is 483 g/mol. The van der Waals surface area contributed by atoms with E-state index in [2.05, 4.69) is 26.6 Å². The van der Waals surface area contributed by atoms with Crippen molar-refractivity contribution in [1.82, 2.24) is 10.6 Å². The van der Waals surface area contributed by atoms with E-state index in [1.165, 1.54) is 13.2 Å². The lowest BCUT2D eigenvalue weighted by Crippen LogP contribution is -2.47. The standard InChI is InChI=1S/C21H24BrFN2O3S/c1-28-19-6-4-3-5-15(19)20(26)25-18(10-12-29-2)21(27)24-11-9-14-7-8-17(23)16(22)13-14/h3-8,13,18H,9-12H2,1-2H3,(H,24,27)(H,25,26). The minimum atomic E-state index is -0.653. The average Bonchev–Trinajstić information content (AvgIpc) is 2.73. The van der Waals surface area contributed by atoms with Gasteiger partial charge in [0.2, 0.25) is 5.91 Å². The number of halogens is 2. The SMILES string of the molecule is COc1ccccc1C(=O)NC(CCSC)C(=O)NCCc1ccc(F)c(Br)c1. The summed E-state index contributed by atoms with van der Waals surface area (Å²) >= 11 is 4.76. The molecule has 0 radical (unpaired) electrons. The molecular weight excluding hydrogens is 459 g/mol. The Kier molecular flexibility index (Phi) is 9.47. The fourth-order valence-corrected chi connectivity index (χ4v) is 3.62. The van der Waals surface area contributed by atoms with Gasteiger partial charge in [0.15, 0.2) is 0 Å². The van der Waals surface area contributed by atoms with E-state index in [-0.39, 0.29) is 17.6 Å².